The molecule has 1 aliphatic heterocycles. The van der Waals surface area contributed by atoms with Crippen LogP contribution in [0.15, 0.2) is 36.5 Å². The molecular formula is C33H28ClF6N5O5. The van der Waals surface area contributed by atoms with E-state index in [2.05, 4.69) is 15.4 Å². The molecule has 2 fully saturated rings. The van der Waals surface area contributed by atoms with Gasteiger partial charge in [-0.05, 0) is 49.9 Å². The number of pyridine rings is 1. The maximum Gasteiger partial charge on any atom is 0.424 e. The second-order valence-electron chi connectivity index (χ2n) is 13.2. The summed E-state index contributed by atoms with van der Waals surface area (Å²) < 4.78 is 101. The van der Waals surface area contributed by atoms with E-state index in [9.17, 15) is 36.6 Å². The molecule has 50 heavy (non-hydrogen) atoms. The van der Waals surface area contributed by atoms with E-state index in [1.54, 1.807) is 0 Å². The Bertz CT molecular complexity index is 2080. The van der Waals surface area contributed by atoms with Crippen LogP contribution < -0.4 is 20.5 Å². The van der Waals surface area contributed by atoms with Crippen LogP contribution >= 0.6 is 11.6 Å². The summed E-state index contributed by atoms with van der Waals surface area (Å²) in [6.45, 7) is -0.417. The van der Waals surface area contributed by atoms with E-state index in [1.165, 1.54) is 25.3 Å². The Kier molecular flexibility index (Phi) is 7.79. The Hall–Kier alpha value is -4.57. The number of carbonyl (C=O) groups excluding carboxylic acids is 2. The number of amides is 2. The largest absolute Gasteiger partial charge is 0.491 e. The summed E-state index contributed by atoms with van der Waals surface area (Å²) in [6, 6.07) is 4.47. The zero-order valence-electron chi connectivity index (χ0n) is 26.1. The fourth-order valence-electron chi connectivity index (χ4n) is 5.71. The van der Waals surface area contributed by atoms with Gasteiger partial charge in [-0.25, -0.2) is 22.8 Å². The molecule has 2 amide bonds. The monoisotopic (exact) mass is 723 g/mol. The predicted molar refractivity (Wildman–Crippen MR) is 165 cm³/mol. The van der Waals surface area contributed by atoms with Gasteiger partial charge in [0.25, 0.3) is 5.91 Å². The van der Waals surface area contributed by atoms with Crippen molar-refractivity contribution in [2.45, 2.75) is 55.6 Å². The summed E-state index contributed by atoms with van der Waals surface area (Å²) >= 11 is 5.86. The summed E-state index contributed by atoms with van der Waals surface area (Å²) in [7, 11) is 0. The molecule has 3 heterocycles. The van der Waals surface area contributed by atoms with Gasteiger partial charge in [-0.2, -0.15) is 18.3 Å². The molecule has 2 atom stereocenters. The number of hydrogen-bond acceptors (Lipinski definition) is 7. The summed E-state index contributed by atoms with van der Waals surface area (Å²) in [5.41, 5.74) is -2.67. The molecular weight excluding hydrogens is 696 g/mol. The van der Waals surface area contributed by atoms with Crippen LogP contribution in [0.4, 0.5) is 26.3 Å². The quantitative estimate of drug-likeness (QED) is 0.144. The average molecular weight is 724 g/mol. The van der Waals surface area contributed by atoms with Crippen LogP contribution in [-0.4, -0.2) is 57.6 Å². The predicted octanol–water partition coefficient (Wildman–Crippen LogP) is 5.55. The van der Waals surface area contributed by atoms with Crippen molar-refractivity contribution in [3.05, 3.63) is 70.0 Å². The van der Waals surface area contributed by atoms with E-state index in [4.69, 9.17) is 26.8 Å². The highest BCUT2D eigenvalue weighted by Crippen LogP contribution is 2.49. The van der Waals surface area contributed by atoms with Crippen molar-refractivity contribution in [3.63, 3.8) is 0 Å². The van der Waals surface area contributed by atoms with E-state index in [1.807, 2.05) is 0 Å². The Morgan fingerprint density at radius 1 is 1.16 bits per heavy atom. The maximum absolute atomic E-state index is 15.1. The van der Waals surface area contributed by atoms with Crippen molar-refractivity contribution in [2.75, 3.05) is 19.8 Å². The molecule has 0 spiro atoms. The number of aliphatic hydroxyl groups is 1. The first kappa shape index (κ1) is 33.9. The molecule has 2 aliphatic carbocycles. The number of alkyl halides is 4. The Morgan fingerprint density at radius 2 is 1.88 bits per heavy atom. The second-order valence-corrected chi connectivity index (χ2v) is 13.6. The number of halogens is 7. The van der Waals surface area contributed by atoms with Gasteiger partial charge in [0.15, 0.2) is 0 Å². The zero-order valence-corrected chi connectivity index (χ0v) is 26.9. The van der Waals surface area contributed by atoms with Gasteiger partial charge in [-0.15, -0.1) is 0 Å². The van der Waals surface area contributed by atoms with Gasteiger partial charge in [0, 0.05) is 47.2 Å². The third kappa shape index (κ3) is 5.67. The molecule has 0 radical (unpaired) electrons. The number of hydrogen-bond donors (Lipinski definition) is 3. The lowest BCUT2D eigenvalue weighted by Crippen LogP contribution is -2.51. The lowest BCUT2D eigenvalue weighted by atomic mass is 9.81. The molecule has 7 rings (SSSR count). The molecule has 3 aliphatic rings. The third-order valence-corrected chi connectivity index (χ3v) is 9.65. The Balaban J connectivity index is 1.28. The van der Waals surface area contributed by atoms with Gasteiger partial charge < -0.3 is 25.6 Å². The van der Waals surface area contributed by atoms with Gasteiger partial charge >= 0.3 is 6.18 Å². The molecule has 4 N–H and O–H groups in total. The van der Waals surface area contributed by atoms with E-state index in [0.717, 1.165) is 29.7 Å². The highest BCUT2D eigenvalue weighted by molar-refractivity contribution is 6.31. The minimum atomic E-state index is -5.52. The topological polar surface area (TPSA) is 142 Å². The number of ether oxygens (including phenoxy) is 2. The number of carbonyl (C=O) groups is 2. The number of nitrogens with one attached hydrogen (secondary N) is 1. The molecule has 1 unspecified atom stereocenters. The first-order valence-corrected chi connectivity index (χ1v) is 15.9. The molecule has 264 valence electrons. The van der Waals surface area contributed by atoms with Crippen LogP contribution in [-0.2, 0) is 21.6 Å². The lowest BCUT2D eigenvalue weighted by molar-refractivity contribution is -0.265. The number of aromatic nitrogens is 3. The first-order chi connectivity index (χ1) is 23.4. The average Bonchev–Trinajstić information content (AvgIpc) is 3.96. The van der Waals surface area contributed by atoms with Crippen molar-refractivity contribution >= 4 is 34.3 Å². The highest BCUT2D eigenvalue weighted by atomic mass is 35.5. The molecule has 10 nitrogen and oxygen atoms in total. The van der Waals surface area contributed by atoms with Crippen LogP contribution in [0.25, 0.3) is 22.2 Å². The fraction of sp³-hybridized carbons (Fsp3) is 0.394. The third-order valence-electron chi connectivity index (χ3n) is 9.36. The van der Waals surface area contributed by atoms with E-state index >= 15 is 4.39 Å². The Labute approximate surface area is 284 Å². The van der Waals surface area contributed by atoms with Crippen molar-refractivity contribution in [1.82, 2.24) is 20.1 Å². The van der Waals surface area contributed by atoms with Crippen LogP contribution in [0.2, 0.25) is 5.02 Å². The standard InChI is InChI=1S/C33H28ClF6N5O5/c1-30(29(41)47)14-50-27-19(30)9-24(43-26(27)18-8-20(34)22(36)10-21(18)35)32(48,33(38,39)40)13-42-28(46)16-6-17-11-45(31(37)4-5-31)44-25(17)23(7-16)49-12-15-2-3-15/h6-11,15,48H,2-5,12-14H2,1H3,(H2,41,47)(H,42,46)/t30-,32?/m0/s1. The SMILES string of the molecule is C[C@]1(C(N)=O)COc2c1cc(C(O)(CNC(=O)c1cc(OCC3CC3)c3nn(C4(F)CC4)cc3c1)C(F)(F)F)nc2-c1cc(Cl)c(F)cc1F. The zero-order chi connectivity index (χ0) is 36.0. The number of benzene rings is 2. The molecule has 2 aromatic carbocycles. The van der Waals surface area contributed by atoms with Crippen LogP contribution in [0.3, 0.4) is 0 Å². The number of nitrogens with two attached hydrogens (primary N) is 1. The van der Waals surface area contributed by atoms with Crippen LogP contribution in [0.5, 0.6) is 11.5 Å². The van der Waals surface area contributed by atoms with Crippen molar-refractivity contribution in [2.24, 2.45) is 11.7 Å². The second kappa shape index (κ2) is 11.5. The lowest BCUT2D eigenvalue weighted by Gasteiger charge is -2.31. The van der Waals surface area contributed by atoms with Crippen molar-refractivity contribution < 1.29 is 50.5 Å². The molecule has 2 aromatic heterocycles. The van der Waals surface area contributed by atoms with E-state index in [-0.39, 0.29) is 46.9 Å². The van der Waals surface area contributed by atoms with Crippen molar-refractivity contribution in [3.8, 4) is 22.8 Å². The number of fused-ring (bicyclic) bond motifs is 2. The van der Waals surface area contributed by atoms with Gasteiger partial charge in [-0.3, -0.25) is 9.59 Å². The van der Waals surface area contributed by atoms with Crippen LogP contribution in [0.1, 0.15) is 54.2 Å². The summed E-state index contributed by atoms with van der Waals surface area (Å²) in [6.07, 6.45) is -1.79. The van der Waals surface area contributed by atoms with E-state index in [0.29, 0.717) is 18.1 Å². The van der Waals surface area contributed by atoms with Crippen molar-refractivity contribution in [1.29, 1.82) is 0 Å². The smallest absolute Gasteiger partial charge is 0.424 e. The number of nitrogens with zero attached hydrogens (tertiary/aromatic N) is 3. The molecule has 17 heteroatoms. The van der Waals surface area contributed by atoms with Gasteiger partial charge in [0.05, 0.1) is 23.9 Å². The van der Waals surface area contributed by atoms with Crippen LogP contribution in [0, 0.1) is 17.6 Å². The normalized spacial score (nSPS) is 20.6. The fourth-order valence-corrected chi connectivity index (χ4v) is 5.87. The number of rotatable bonds is 10. The summed E-state index contributed by atoms with van der Waals surface area (Å²) in [4.78, 5) is 29.8. The summed E-state index contributed by atoms with van der Waals surface area (Å²) in [5, 5.41) is 17.4. The molecule has 2 saturated carbocycles. The summed E-state index contributed by atoms with van der Waals surface area (Å²) in [5.74, 6) is -6.13. The van der Waals surface area contributed by atoms with Gasteiger partial charge in [-0.1, -0.05) is 11.6 Å². The van der Waals surface area contributed by atoms with Gasteiger partial charge in [0.1, 0.15) is 46.4 Å². The van der Waals surface area contributed by atoms with E-state index < -0.39 is 81.6 Å². The Morgan fingerprint density at radius 3 is 2.52 bits per heavy atom. The minimum Gasteiger partial charge on any atom is -0.491 e. The minimum absolute atomic E-state index is 0.129. The highest BCUT2D eigenvalue weighted by Gasteiger charge is 2.58. The molecule has 4 aromatic rings. The molecule has 0 saturated heterocycles. The molecule has 0 bridgehead atoms. The first-order valence-electron chi connectivity index (χ1n) is 15.5. The number of primary amides is 1. The maximum atomic E-state index is 15.1. The van der Waals surface area contributed by atoms with Gasteiger partial charge in [0.2, 0.25) is 17.3 Å².